The quantitative estimate of drug-likeness (QED) is 0.169. The maximum atomic E-state index is 6.62. The molecule has 0 radical (unpaired) electrons. The molecule has 0 bridgehead atoms. The van der Waals surface area contributed by atoms with Crippen LogP contribution >= 0.6 is 11.3 Å². The lowest BCUT2D eigenvalue weighted by atomic mass is 9.93. The van der Waals surface area contributed by atoms with Gasteiger partial charge < -0.3 is 4.42 Å². The van der Waals surface area contributed by atoms with E-state index in [0.717, 1.165) is 76.4 Å². The van der Waals surface area contributed by atoms with Gasteiger partial charge in [0.15, 0.2) is 23.1 Å². The zero-order valence-electron chi connectivity index (χ0n) is 29.8. The highest BCUT2D eigenvalue weighted by atomic mass is 32.1. The van der Waals surface area contributed by atoms with Gasteiger partial charge in [-0.25, -0.2) is 19.9 Å². The molecule has 0 spiro atoms. The van der Waals surface area contributed by atoms with Gasteiger partial charge in [-0.05, 0) is 68.7 Å². The Bertz CT molecular complexity index is 3550. The molecule has 0 fully saturated rings. The van der Waals surface area contributed by atoms with Crippen molar-refractivity contribution in [3.63, 3.8) is 0 Å². The van der Waals surface area contributed by atoms with E-state index < -0.39 is 0 Å². The predicted octanol–water partition coefficient (Wildman–Crippen LogP) is 13.7. The summed E-state index contributed by atoms with van der Waals surface area (Å²) in [5.74, 6) is 2.51. The second-order valence-corrected chi connectivity index (χ2v) is 15.3. The van der Waals surface area contributed by atoms with Crippen molar-refractivity contribution < 1.29 is 4.42 Å². The van der Waals surface area contributed by atoms with Crippen LogP contribution < -0.4 is 0 Å². The van der Waals surface area contributed by atoms with E-state index >= 15 is 0 Å². The first-order chi connectivity index (χ1) is 27.7. The molecule has 0 aliphatic carbocycles. The SMILES string of the molecule is c1ccc(-c2nc3ccc4ccc5ccc6c(-c7nc(-c8ccc9ccccc9c8)nc(-c8cccc9sc%10ccccc%10c89)n7)cccc6c5c4c3o2)cc1. The summed E-state index contributed by atoms with van der Waals surface area (Å²) in [6.45, 7) is 0. The number of aromatic nitrogens is 4. The molecule has 0 amide bonds. The lowest BCUT2D eigenvalue weighted by Crippen LogP contribution is -2.01. The maximum absolute atomic E-state index is 6.62. The zero-order valence-corrected chi connectivity index (χ0v) is 30.6. The lowest BCUT2D eigenvalue weighted by molar-refractivity contribution is 0.623. The number of nitrogens with zero attached hydrogens (tertiary/aromatic N) is 4. The van der Waals surface area contributed by atoms with Gasteiger partial charge in [-0.1, -0.05) is 133 Å². The van der Waals surface area contributed by atoms with Crippen LogP contribution in [0.5, 0.6) is 0 Å². The van der Waals surface area contributed by atoms with Crippen molar-refractivity contribution in [2.24, 2.45) is 0 Å². The van der Waals surface area contributed by atoms with Crippen LogP contribution in [0.4, 0.5) is 0 Å². The molecule has 6 heteroatoms. The molecule has 3 heterocycles. The molecular formula is C50H28N4OS. The highest BCUT2D eigenvalue weighted by molar-refractivity contribution is 7.25. The molecule has 9 aromatic carbocycles. The first kappa shape index (κ1) is 31.1. The molecular weight excluding hydrogens is 705 g/mol. The molecule has 0 atom stereocenters. The summed E-state index contributed by atoms with van der Waals surface area (Å²) in [7, 11) is 0. The van der Waals surface area contributed by atoms with Gasteiger partial charge in [0, 0.05) is 53.2 Å². The fourth-order valence-corrected chi connectivity index (χ4v) is 9.44. The number of benzene rings is 9. The minimum Gasteiger partial charge on any atom is -0.435 e. The molecule has 3 aromatic heterocycles. The molecule has 56 heavy (non-hydrogen) atoms. The average molecular weight is 733 g/mol. The number of thiophene rings is 1. The third-order valence-corrected chi connectivity index (χ3v) is 12.1. The Labute approximate surface area is 324 Å². The molecule has 0 N–H and O–H groups in total. The van der Waals surface area contributed by atoms with E-state index in [4.69, 9.17) is 24.4 Å². The van der Waals surface area contributed by atoms with Gasteiger partial charge in [-0.15, -0.1) is 11.3 Å². The van der Waals surface area contributed by atoms with Crippen LogP contribution in [-0.2, 0) is 0 Å². The van der Waals surface area contributed by atoms with Gasteiger partial charge in [0.2, 0.25) is 5.89 Å². The molecule has 12 rings (SSSR count). The largest absolute Gasteiger partial charge is 0.435 e. The summed E-state index contributed by atoms with van der Waals surface area (Å²) >= 11 is 1.79. The second-order valence-electron chi connectivity index (χ2n) is 14.2. The normalized spacial score (nSPS) is 11.9. The van der Waals surface area contributed by atoms with Crippen LogP contribution in [0.15, 0.2) is 174 Å². The summed E-state index contributed by atoms with van der Waals surface area (Å²) in [5.41, 5.74) is 5.42. The third-order valence-electron chi connectivity index (χ3n) is 10.9. The first-order valence-electron chi connectivity index (χ1n) is 18.6. The minimum atomic E-state index is 0.610. The Hall–Kier alpha value is -7.28. The van der Waals surface area contributed by atoms with Gasteiger partial charge in [0.1, 0.15) is 5.52 Å². The van der Waals surface area contributed by atoms with Gasteiger partial charge in [0.05, 0.1) is 0 Å². The first-order valence-corrected chi connectivity index (χ1v) is 19.4. The van der Waals surface area contributed by atoms with Crippen LogP contribution in [0, 0.1) is 0 Å². The smallest absolute Gasteiger partial charge is 0.227 e. The van der Waals surface area contributed by atoms with E-state index in [0.29, 0.717) is 23.4 Å². The standard InChI is InChI=1S/C50H28N4OS/c1-2-11-32(12-3-1)50-51-40-27-25-31-22-21-30-24-26-35-36(43(30)44(31)46(40)55-50)15-8-16-37(35)48-52-47(34-23-20-29-10-4-5-13-33(29)28-34)53-49(54-48)39-17-9-19-42-45(39)38-14-6-7-18-41(38)56-42/h1-28H. The monoisotopic (exact) mass is 732 g/mol. The third kappa shape index (κ3) is 4.79. The number of fused-ring (bicyclic) bond motifs is 11. The van der Waals surface area contributed by atoms with E-state index in [-0.39, 0.29) is 0 Å². The van der Waals surface area contributed by atoms with Gasteiger partial charge in [-0.3, -0.25) is 0 Å². The average Bonchev–Trinajstić information content (AvgIpc) is 3.88. The second kappa shape index (κ2) is 12.1. The highest BCUT2D eigenvalue weighted by Gasteiger charge is 2.20. The summed E-state index contributed by atoms with van der Waals surface area (Å²) in [4.78, 5) is 20.8. The molecule has 5 nitrogen and oxygen atoms in total. The number of hydrogen-bond donors (Lipinski definition) is 0. The zero-order chi connectivity index (χ0) is 36.7. The van der Waals surface area contributed by atoms with E-state index in [9.17, 15) is 0 Å². The van der Waals surface area contributed by atoms with Gasteiger partial charge >= 0.3 is 0 Å². The van der Waals surface area contributed by atoms with Crippen molar-refractivity contribution in [3.8, 4) is 45.6 Å². The molecule has 260 valence electrons. The molecule has 0 unspecified atom stereocenters. The van der Waals surface area contributed by atoms with Crippen molar-refractivity contribution in [2.75, 3.05) is 0 Å². The Kier molecular flexibility index (Phi) is 6.73. The van der Waals surface area contributed by atoms with E-state index in [1.54, 1.807) is 11.3 Å². The van der Waals surface area contributed by atoms with Gasteiger partial charge in [0.25, 0.3) is 0 Å². The fourth-order valence-electron chi connectivity index (χ4n) is 8.31. The van der Waals surface area contributed by atoms with E-state index in [1.807, 2.05) is 36.4 Å². The van der Waals surface area contributed by atoms with Crippen molar-refractivity contribution in [1.29, 1.82) is 0 Å². The molecule has 0 saturated heterocycles. The lowest BCUT2D eigenvalue weighted by Gasteiger charge is -2.13. The number of rotatable bonds is 4. The van der Waals surface area contributed by atoms with Crippen molar-refractivity contribution in [2.45, 2.75) is 0 Å². The molecule has 0 saturated carbocycles. The van der Waals surface area contributed by atoms with Crippen LogP contribution in [-0.4, -0.2) is 19.9 Å². The number of hydrogen-bond acceptors (Lipinski definition) is 6. The Balaban J connectivity index is 1.13. The topological polar surface area (TPSA) is 64.7 Å². The minimum absolute atomic E-state index is 0.610. The van der Waals surface area contributed by atoms with E-state index in [1.165, 1.54) is 20.2 Å². The Morgan fingerprint density at radius 1 is 0.375 bits per heavy atom. The highest BCUT2D eigenvalue weighted by Crippen LogP contribution is 2.42. The molecule has 0 aliphatic heterocycles. The summed E-state index contributed by atoms with van der Waals surface area (Å²) in [6.07, 6.45) is 0. The summed E-state index contributed by atoms with van der Waals surface area (Å²) in [6, 6.07) is 59.3. The van der Waals surface area contributed by atoms with Crippen LogP contribution in [0.25, 0.3) is 120 Å². The Morgan fingerprint density at radius 3 is 1.95 bits per heavy atom. The maximum Gasteiger partial charge on any atom is 0.227 e. The predicted molar refractivity (Wildman–Crippen MR) is 232 cm³/mol. The number of oxazole rings is 1. The van der Waals surface area contributed by atoms with Crippen LogP contribution in [0.3, 0.4) is 0 Å². The summed E-state index contributed by atoms with van der Waals surface area (Å²) in [5, 5.41) is 11.2. The van der Waals surface area contributed by atoms with Gasteiger partial charge in [-0.2, -0.15) is 0 Å². The Morgan fingerprint density at radius 2 is 1.04 bits per heavy atom. The van der Waals surface area contributed by atoms with Crippen molar-refractivity contribution >= 4 is 85.7 Å². The fraction of sp³-hybridized carbons (Fsp3) is 0. The van der Waals surface area contributed by atoms with Crippen LogP contribution in [0.1, 0.15) is 0 Å². The molecule has 12 aromatic rings. The van der Waals surface area contributed by atoms with E-state index in [2.05, 4.69) is 133 Å². The summed E-state index contributed by atoms with van der Waals surface area (Å²) < 4.78 is 9.06. The molecule has 0 aliphatic rings. The van der Waals surface area contributed by atoms with Crippen molar-refractivity contribution in [3.05, 3.63) is 170 Å². The van der Waals surface area contributed by atoms with Crippen molar-refractivity contribution in [1.82, 2.24) is 19.9 Å². The van der Waals surface area contributed by atoms with Crippen LogP contribution in [0.2, 0.25) is 0 Å².